The molecule has 1 fully saturated rings. The van der Waals surface area contributed by atoms with Crippen LogP contribution in [-0.4, -0.2) is 25.8 Å². The third-order valence-electron chi connectivity index (χ3n) is 6.74. The van der Waals surface area contributed by atoms with Gasteiger partial charge in [0.25, 0.3) is 0 Å². The van der Waals surface area contributed by atoms with Crippen molar-refractivity contribution in [2.75, 3.05) is 13.1 Å². The minimum atomic E-state index is -3.54. The Bertz CT molecular complexity index is 1310. The first-order valence-corrected chi connectivity index (χ1v) is 12.3. The number of aryl methyl sites for hydroxylation is 1. The summed E-state index contributed by atoms with van der Waals surface area (Å²) in [7, 11) is -3.54. The van der Waals surface area contributed by atoms with Crippen molar-refractivity contribution < 1.29 is 8.42 Å². The van der Waals surface area contributed by atoms with Gasteiger partial charge in [0, 0.05) is 18.5 Å². The second-order valence-electron chi connectivity index (χ2n) is 8.97. The zero-order valence-corrected chi connectivity index (χ0v) is 18.8. The lowest BCUT2D eigenvalue weighted by molar-refractivity contribution is 0.404. The predicted octanol–water partition coefficient (Wildman–Crippen LogP) is 5.96. The zero-order valence-electron chi connectivity index (χ0n) is 18.0. The molecule has 0 unspecified atom stereocenters. The number of hydrogen-bond acceptors (Lipinski definition) is 2. The molecular formula is C27H27NO2S. The van der Waals surface area contributed by atoms with Gasteiger partial charge in [-0.15, -0.1) is 0 Å². The molecule has 0 radical (unpaired) electrons. The van der Waals surface area contributed by atoms with Gasteiger partial charge in [0.2, 0.25) is 10.0 Å². The minimum absolute atomic E-state index is 0.210. The molecule has 0 saturated carbocycles. The van der Waals surface area contributed by atoms with Crippen molar-refractivity contribution >= 4 is 26.9 Å². The van der Waals surface area contributed by atoms with Crippen LogP contribution in [0.4, 0.5) is 0 Å². The van der Waals surface area contributed by atoms with Crippen molar-refractivity contribution in [3.05, 3.63) is 95.1 Å². The summed E-state index contributed by atoms with van der Waals surface area (Å²) < 4.78 is 28.6. The molecule has 1 atom stereocenters. The third kappa shape index (κ3) is 3.54. The highest BCUT2D eigenvalue weighted by Gasteiger charge is 2.46. The topological polar surface area (TPSA) is 37.4 Å². The number of sulfonamides is 1. The highest BCUT2D eigenvalue weighted by Crippen LogP contribution is 2.49. The summed E-state index contributed by atoms with van der Waals surface area (Å²) >= 11 is 0. The van der Waals surface area contributed by atoms with E-state index >= 15 is 0 Å². The minimum Gasteiger partial charge on any atom is -0.207 e. The molecule has 2 aliphatic rings. The fourth-order valence-electron chi connectivity index (χ4n) is 5.02. The van der Waals surface area contributed by atoms with E-state index in [1.807, 2.05) is 19.1 Å². The van der Waals surface area contributed by atoms with E-state index in [2.05, 4.69) is 61.5 Å². The van der Waals surface area contributed by atoms with Gasteiger partial charge in [0.05, 0.1) is 4.90 Å². The van der Waals surface area contributed by atoms with Crippen LogP contribution in [0.1, 0.15) is 30.9 Å². The second kappa shape index (κ2) is 7.47. The van der Waals surface area contributed by atoms with Gasteiger partial charge in [-0.3, -0.25) is 0 Å². The standard InChI is InChI=1S/C27H27NO2S/c1-20-10-12-25(13-11-20)31(29,30)28-18-24(27(19-28)15-14-21(2)17-27)16-23-8-5-7-22-6-3-4-9-26(22)23/h3-13,16-17H,14-15,18-19H2,1-2H3/b24-16+/t27-/m0/s1. The van der Waals surface area contributed by atoms with Gasteiger partial charge in [0.1, 0.15) is 0 Å². The quantitative estimate of drug-likeness (QED) is 0.482. The predicted molar refractivity (Wildman–Crippen MR) is 127 cm³/mol. The first-order valence-electron chi connectivity index (χ1n) is 10.8. The van der Waals surface area contributed by atoms with E-state index in [-0.39, 0.29) is 5.41 Å². The van der Waals surface area contributed by atoms with E-state index in [1.165, 1.54) is 21.9 Å². The highest BCUT2D eigenvalue weighted by atomic mass is 32.2. The monoisotopic (exact) mass is 429 g/mol. The van der Waals surface area contributed by atoms with Gasteiger partial charge < -0.3 is 0 Å². The summed E-state index contributed by atoms with van der Waals surface area (Å²) in [5.74, 6) is 0. The Balaban J connectivity index is 1.59. The molecule has 0 bridgehead atoms. The van der Waals surface area contributed by atoms with Gasteiger partial charge in [-0.05, 0) is 60.7 Å². The molecule has 0 N–H and O–H groups in total. The van der Waals surface area contributed by atoms with Gasteiger partial charge in [-0.25, -0.2) is 8.42 Å². The van der Waals surface area contributed by atoms with Crippen LogP contribution in [-0.2, 0) is 10.0 Å². The summed E-state index contributed by atoms with van der Waals surface area (Å²) in [5, 5.41) is 2.40. The smallest absolute Gasteiger partial charge is 0.207 e. The maximum absolute atomic E-state index is 13.5. The molecule has 1 aliphatic carbocycles. The molecule has 1 saturated heterocycles. The maximum atomic E-state index is 13.5. The Labute approximate surface area is 184 Å². The van der Waals surface area contributed by atoms with Crippen molar-refractivity contribution in [1.82, 2.24) is 4.31 Å². The SMILES string of the molecule is CC1=C[C@@]2(CC1)CN(S(=O)(=O)c1ccc(C)cc1)C/C2=C\c1cccc2ccccc12. The van der Waals surface area contributed by atoms with Gasteiger partial charge >= 0.3 is 0 Å². The number of fused-ring (bicyclic) bond motifs is 1. The number of hydrogen-bond donors (Lipinski definition) is 0. The molecule has 4 heteroatoms. The Morgan fingerprint density at radius 3 is 2.42 bits per heavy atom. The molecule has 1 spiro atoms. The molecule has 31 heavy (non-hydrogen) atoms. The summed E-state index contributed by atoms with van der Waals surface area (Å²) in [4.78, 5) is 0.373. The van der Waals surface area contributed by atoms with E-state index in [4.69, 9.17) is 0 Å². The lowest BCUT2D eigenvalue weighted by Gasteiger charge is -2.23. The maximum Gasteiger partial charge on any atom is 0.243 e. The lowest BCUT2D eigenvalue weighted by Crippen LogP contribution is -2.31. The number of rotatable bonds is 3. The number of allylic oxidation sites excluding steroid dienone is 1. The summed E-state index contributed by atoms with van der Waals surface area (Å²) in [6.45, 7) is 5.07. The average molecular weight is 430 g/mol. The van der Waals surface area contributed by atoms with Gasteiger partial charge in [-0.1, -0.05) is 77.9 Å². The van der Waals surface area contributed by atoms with Crippen LogP contribution < -0.4 is 0 Å². The first-order chi connectivity index (χ1) is 14.9. The Morgan fingerprint density at radius 1 is 0.935 bits per heavy atom. The number of nitrogens with zero attached hydrogens (tertiary/aromatic N) is 1. The van der Waals surface area contributed by atoms with Crippen molar-refractivity contribution in [3.63, 3.8) is 0 Å². The van der Waals surface area contributed by atoms with E-state index < -0.39 is 10.0 Å². The largest absolute Gasteiger partial charge is 0.243 e. The zero-order chi connectivity index (χ0) is 21.6. The second-order valence-corrected chi connectivity index (χ2v) is 10.9. The normalized spacial score (nSPS) is 23.2. The van der Waals surface area contributed by atoms with E-state index in [0.29, 0.717) is 18.0 Å². The van der Waals surface area contributed by atoms with Crippen LogP contribution in [0.3, 0.4) is 0 Å². The van der Waals surface area contributed by atoms with E-state index in [0.717, 1.165) is 24.0 Å². The molecule has 5 rings (SSSR count). The molecular weight excluding hydrogens is 402 g/mol. The van der Waals surface area contributed by atoms with Crippen LogP contribution >= 0.6 is 0 Å². The summed E-state index contributed by atoms with van der Waals surface area (Å²) in [6, 6.07) is 21.9. The van der Waals surface area contributed by atoms with Gasteiger partial charge in [-0.2, -0.15) is 4.31 Å². The summed E-state index contributed by atoms with van der Waals surface area (Å²) in [5.41, 5.74) is 4.54. The Morgan fingerprint density at radius 2 is 1.68 bits per heavy atom. The molecule has 3 aromatic carbocycles. The number of benzene rings is 3. The van der Waals surface area contributed by atoms with Crippen LogP contribution in [0.2, 0.25) is 0 Å². The summed E-state index contributed by atoms with van der Waals surface area (Å²) in [6.07, 6.45) is 6.54. The Hall–Kier alpha value is -2.69. The van der Waals surface area contributed by atoms with Crippen LogP contribution in [0.5, 0.6) is 0 Å². The fraction of sp³-hybridized carbons (Fsp3) is 0.259. The van der Waals surface area contributed by atoms with Crippen molar-refractivity contribution in [1.29, 1.82) is 0 Å². The van der Waals surface area contributed by atoms with E-state index in [1.54, 1.807) is 16.4 Å². The molecule has 158 valence electrons. The van der Waals surface area contributed by atoms with Crippen LogP contribution in [0.25, 0.3) is 16.8 Å². The lowest BCUT2D eigenvalue weighted by atomic mass is 9.81. The molecule has 0 amide bonds. The van der Waals surface area contributed by atoms with Crippen LogP contribution in [0.15, 0.2) is 88.8 Å². The third-order valence-corrected chi connectivity index (χ3v) is 8.55. The highest BCUT2D eigenvalue weighted by molar-refractivity contribution is 7.89. The van der Waals surface area contributed by atoms with Crippen LogP contribution in [0, 0.1) is 12.3 Å². The molecule has 0 aromatic heterocycles. The van der Waals surface area contributed by atoms with Crippen molar-refractivity contribution in [2.45, 2.75) is 31.6 Å². The van der Waals surface area contributed by atoms with Crippen molar-refractivity contribution in [2.24, 2.45) is 5.41 Å². The first kappa shape index (κ1) is 20.2. The van der Waals surface area contributed by atoms with Crippen molar-refractivity contribution in [3.8, 4) is 0 Å². The van der Waals surface area contributed by atoms with Gasteiger partial charge in [0.15, 0.2) is 0 Å². The molecule has 3 aromatic rings. The molecule has 3 nitrogen and oxygen atoms in total. The average Bonchev–Trinajstić information content (AvgIpc) is 3.32. The molecule has 1 aliphatic heterocycles. The van der Waals surface area contributed by atoms with E-state index in [9.17, 15) is 8.42 Å². The Kier molecular flexibility index (Phi) is 4.87. The molecule has 1 heterocycles. The fourth-order valence-corrected chi connectivity index (χ4v) is 6.50.